The molecule has 0 bridgehead atoms. The summed E-state index contributed by atoms with van der Waals surface area (Å²) in [7, 11) is 0. The van der Waals surface area contributed by atoms with Crippen LogP contribution in [0.1, 0.15) is 39.9 Å². The van der Waals surface area contributed by atoms with Gasteiger partial charge in [-0.15, -0.1) is 0 Å². The van der Waals surface area contributed by atoms with Crippen molar-refractivity contribution >= 4 is 17.7 Å². The van der Waals surface area contributed by atoms with Crippen molar-refractivity contribution in [1.29, 1.82) is 0 Å². The van der Waals surface area contributed by atoms with Crippen molar-refractivity contribution in [2.75, 3.05) is 6.54 Å². The number of carbonyl (C=O) groups is 3. The molecule has 23 heavy (non-hydrogen) atoms. The number of nitrogens with one attached hydrogen (secondary N) is 2. The number of imide groups is 1. The first-order chi connectivity index (χ1) is 11.1. The van der Waals surface area contributed by atoms with Gasteiger partial charge in [-0.25, -0.2) is 4.39 Å². The van der Waals surface area contributed by atoms with Crippen molar-refractivity contribution in [3.63, 3.8) is 0 Å². The molecule has 7 heteroatoms. The average molecular weight is 317 g/mol. The van der Waals surface area contributed by atoms with Gasteiger partial charge < -0.3 is 10.2 Å². The molecule has 120 valence electrons. The standard InChI is InChI=1S/C16H16FN3O3/c17-11-5-8-6-18-4-3-9(8)10-7-20(16(23)14(10)11)12-1-2-13(21)19-15(12)22/h5,12,18H,1-4,6-7H2,(H,19,21,22). The van der Waals surface area contributed by atoms with E-state index in [0.717, 1.165) is 24.1 Å². The molecule has 1 saturated heterocycles. The first kappa shape index (κ1) is 14.3. The topological polar surface area (TPSA) is 78.5 Å². The Hall–Kier alpha value is -2.28. The van der Waals surface area contributed by atoms with Crippen molar-refractivity contribution in [2.24, 2.45) is 0 Å². The first-order valence-corrected chi connectivity index (χ1v) is 7.74. The lowest BCUT2D eigenvalue weighted by molar-refractivity contribution is -0.136. The Morgan fingerprint density at radius 3 is 2.78 bits per heavy atom. The number of nitrogens with zero attached hydrogens (tertiary/aromatic N) is 1. The highest BCUT2D eigenvalue weighted by Gasteiger charge is 2.41. The van der Waals surface area contributed by atoms with E-state index in [2.05, 4.69) is 10.6 Å². The Labute approximate surface area is 132 Å². The van der Waals surface area contributed by atoms with Crippen LogP contribution < -0.4 is 10.6 Å². The Morgan fingerprint density at radius 2 is 2.00 bits per heavy atom. The highest BCUT2D eigenvalue weighted by atomic mass is 19.1. The second kappa shape index (κ2) is 5.13. The predicted octanol–water partition coefficient (Wildman–Crippen LogP) is 0.232. The van der Waals surface area contributed by atoms with Gasteiger partial charge in [-0.05, 0) is 42.1 Å². The van der Waals surface area contributed by atoms with Crippen molar-refractivity contribution < 1.29 is 18.8 Å². The zero-order valence-corrected chi connectivity index (χ0v) is 12.4. The van der Waals surface area contributed by atoms with Gasteiger partial charge in [0.1, 0.15) is 11.9 Å². The Morgan fingerprint density at radius 1 is 1.17 bits per heavy atom. The molecule has 1 unspecified atom stereocenters. The Kier molecular flexibility index (Phi) is 3.19. The van der Waals surface area contributed by atoms with Gasteiger partial charge >= 0.3 is 0 Å². The van der Waals surface area contributed by atoms with Gasteiger partial charge in [0.2, 0.25) is 11.8 Å². The number of piperidine rings is 1. The number of benzene rings is 1. The third-order valence-electron chi connectivity index (χ3n) is 4.85. The molecule has 1 aromatic carbocycles. The summed E-state index contributed by atoms with van der Waals surface area (Å²) in [5.74, 6) is -1.78. The molecule has 0 radical (unpaired) electrons. The molecule has 1 aromatic rings. The SMILES string of the molecule is O=C1CCC(N2Cc3c4c(cc(F)c3C2=O)CNCC4)C(=O)N1. The van der Waals surface area contributed by atoms with Crippen LogP contribution in [0.2, 0.25) is 0 Å². The number of rotatable bonds is 1. The molecule has 3 aliphatic rings. The van der Waals surface area contributed by atoms with Gasteiger partial charge in [-0.2, -0.15) is 0 Å². The summed E-state index contributed by atoms with van der Waals surface area (Å²) in [6.45, 7) is 1.62. The number of amides is 3. The van der Waals surface area contributed by atoms with E-state index in [9.17, 15) is 18.8 Å². The van der Waals surface area contributed by atoms with E-state index >= 15 is 0 Å². The minimum absolute atomic E-state index is 0.0929. The fraction of sp³-hybridized carbons (Fsp3) is 0.438. The highest BCUT2D eigenvalue weighted by Crippen LogP contribution is 2.34. The number of carbonyl (C=O) groups excluding carboxylic acids is 3. The van der Waals surface area contributed by atoms with Crippen LogP contribution in [-0.2, 0) is 29.1 Å². The smallest absolute Gasteiger partial charge is 0.258 e. The summed E-state index contributed by atoms with van der Waals surface area (Å²) in [6, 6.07) is 0.719. The average Bonchev–Trinajstić information content (AvgIpc) is 2.86. The molecule has 0 spiro atoms. The molecule has 0 aromatic heterocycles. The number of halogens is 1. The summed E-state index contributed by atoms with van der Waals surface area (Å²) < 4.78 is 14.4. The molecule has 6 nitrogen and oxygen atoms in total. The fourth-order valence-corrected chi connectivity index (χ4v) is 3.73. The van der Waals surface area contributed by atoms with Gasteiger partial charge in [0.05, 0.1) is 5.56 Å². The third kappa shape index (κ3) is 2.15. The van der Waals surface area contributed by atoms with Crippen LogP contribution in [0.25, 0.3) is 0 Å². The van der Waals surface area contributed by atoms with E-state index in [0.29, 0.717) is 12.1 Å². The van der Waals surface area contributed by atoms with E-state index in [-0.39, 0.29) is 30.9 Å². The molecular weight excluding hydrogens is 301 g/mol. The first-order valence-electron chi connectivity index (χ1n) is 7.74. The minimum atomic E-state index is -0.704. The molecule has 4 rings (SSSR count). The molecular formula is C16H16FN3O3. The van der Waals surface area contributed by atoms with E-state index in [4.69, 9.17) is 0 Å². The normalized spacial score (nSPS) is 23.6. The molecule has 1 fully saturated rings. The summed E-state index contributed by atoms with van der Waals surface area (Å²) in [5.41, 5.74) is 2.69. The summed E-state index contributed by atoms with van der Waals surface area (Å²) >= 11 is 0. The van der Waals surface area contributed by atoms with Crippen molar-refractivity contribution in [1.82, 2.24) is 15.5 Å². The maximum atomic E-state index is 14.4. The Bertz CT molecular complexity index is 747. The molecule has 2 N–H and O–H groups in total. The predicted molar refractivity (Wildman–Crippen MR) is 77.9 cm³/mol. The maximum Gasteiger partial charge on any atom is 0.258 e. The third-order valence-corrected chi connectivity index (χ3v) is 4.85. The molecule has 0 saturated carbocycles. The minimum Gasteiger partial charge on any atom is -0.322 e. The summed E-state index contributed by atoms with van der Waals surface area (Å²) in [4.78, 5) is 37.3. The Balaban J connectivity index is 1.72. The lowest BCUT2D eigenvalue weighted by atomic mass is 9.92. The van der Waals surface area contributed by atoms with Crippen LogP contribution in [0, 0.1) is 5.82 Å². The van der Waals surface area contributed by atoms with E-state index < -0.39 is 23.7 Å². The quantitative estimate of drug-likeness (QED) is 0.727. The molecule has 3 amide bonds. The van der Waals surface area contributed by atoms with Crippen LogP contribution in [-0.4, -0.2) is 35.2 Å². The van der Waals surface area contributed by atoms with E-state index in [1.807, 2.05) is 0 Å². The monoisotopic (exact) mass is 317 g/mol. The van der Waals surface area contributed by atoms with E-state index in [1.54, 1.807) is 0 Å². The second-order valence-electron chi connectivity index (χ2n) is 6.18. The van der Waals surface area contributed by atoms with Crippen molar-refractivity contribution in [3.8, 4) is 0 Å². The van der Waals surface area contributed by atoms with Gasteiger partial charge in [0.25, 0.3) is 5.91 Å². The van der Waals surface area contributed by atoms with Gasteiger partial charge in [0, 0.05) is 19.5 Å². The zero-order chi connectivity index (χ0) is 16.1. The van der Waals surface area contributed by atoms with Crippen molar-refractivity contribution in [3.05, 3.63) is 34.1 Å². The fourth-order valence-electron chi connectivity index (χ4n) is 3.73. The highest BCUT2D eigenvalue weighted by molar-refractivity contribution is 6.05. The zero-order valence-electron chi connectivity index (χ0n) is 12.4. The number of hydrogen-bond donors (Lipinski definition) is 2. The lowest BCUT2D eigenvalue weighted by Gasteiger charge is -2.29. The molecule has 3 aliphatic heterocycles. The second-order valence-corrected chi connectivity index (χ2v) is 6.18. The molecule has 0 aliphatic carbocycles. The van der Waals surface area contributed by atoms with Crippen LogP contribution in [0.5, 0.6) is 0 Å². The van der Waals surface area contributed by atoms with Gasteiger partial charge in [-0.3, -0.25) is 19.7 Å². The molecule has 1 atom stereocenters. The molecule has 3 heterocycles. The van der Waals surface area contributed by atoms with Crippen LogP contribution in [0.3, 0.4) is 0 Å². The van der Waals surface area contributed by atoms with Crippen LogP contribution >= 0.6 is 0 Å². The lowest BCUT2D eigenvalue weighted by Crippen LogP contribution is -2.52. The number of hydrogen-bond acceptors (Lipinski definition) is 4. The van der Waals surface area contributed by atoms with Crippen molar-refractivity contribution in [2.45, 2.75) is 38.4 Å². The number of fused-ring (bicyclic) bond motifs is 3. The largest absolute Gasteiger partial charge is 0.322 e. The maximum absolute atomic E-state index is 14.4. The summed E-state index contributed by atoms with van der Waals surface area (Å²) in [5, 5.41) is 5.45. The van der Waals surface area contributed by atoms with E-state index in [1.165, 1.54) is 11.0 Å². The van der Waals surface area contributed by atoms with Gasteiger partial charge in [-0.1, -0.05) is 0 Å². The van der Waals surface area contributed by atoms with Crippen LogP contribution in [0.4, 0.5) is 4.39 Å². The van der Waals surface area contributed by atoms with Gasteiger partial charge in [0.15, 0.2) is 0 Å². The summed E-state index contributed by atoms with van der Waals surface area (Å²) in [6.07, 6.45) is 1.23. The van der Waals surface area contributed by atoms with Crippen LogP contribution in [0.15, 0.2) is 6.07 Å².